The molecular weight excluding hydrogens is 813 g/mol. The van der Waals surface area contributed by atoms with Crippen LogP contribution < -0.4 is 19.6 Å². The minimum atomic E-state index is 0.287. The van der Waals surface area contributed by atoms with E-state index >= 15 is 0 Å². The highest BCUT2D eigenvalue weighted by atomic mass is 15.3. The van der Waals surface area contributed by atoms with E-state index in [2.05, 4.69) is 298 Å². The molecule has 0 aliphatic rings. The average molecular weight is 873 g/mol. The second-order valence-electron chi connectivity index (χ2n) is 18.1. The number of nitrogens with zero attached hydrogens (tertiary/aromatic N) is 4. The molecule has 0 unspecified atom stereocenters. The second-order valence-corrected chi connectivity index (χ2v) is 18.1. The van der Waals surface area contributed by atoms with Gasteiger partial charge in [-0.3, -0.25) is 0 Å². The molecule has 0 saturated heterocycles. The quantitative estimate of drug-likeness (QED) is 0.102. The monoisotopic (exact) mass is 872 g/mol. The fourth-order valence-corrected chi connectivity index (χ4v) is 8.94. The summed E-state index contributed by atoms with van der Waals surface area (Å²) in [6.45, 7) is 13.7. The number of para-hydroxylation sites is 6. The van der Waals surface area contributed by atoms with Gasteiger partial charge in [-0.2, -0.15) is 0 Å². The highest BCUT2D eigenvalue weighted by molar-refractivity contribution is 6.01. The zero-order valence-electron chi connectivity index (χ0n) is 39.5. The van der Waals surface area contributed by atoms with Crippen molar-refractivity contribution in [2.75, 3.05) is 19.6 Å². The van der Waals surface area contributed by atoms with E-state index in [9.17, 15) is 0 Å². The van der Waals surface area contributed by atoms with Crippen molar-refractivity contribution in [3.8, 4) is 0 Å². The first-order valence-corrected chi connectivity index (χ1v) is 23.7. The zero-order valence-corrected chi connectivity index (χ0v) is 39.5. The summed E-state index contributed by atoms with van der Waals surface area (Å²) in [5, 5.41) is 0. The molecular formula is C63H60N4. The Morgan fingerprint density at radius 2 is 0.403 bits per heavy atom. The van der Waals surface area contributed by atoms with Crippen LogP contribution in [-0.2, 0) is 0 Å². The van der Waals surface area contributed by atoms with Crippen LogP contribution in [0.15, 0.2) is 237 Å². The third-order valence-electron chi connectivity index (χ3n) is 12.5. The standard InChI is InChI=1S/C63H60N4/c1-46(2)49-37-40-58(61(43-49)64(52-25-13-7-14-26-52)53-27-15-8-16-28-53)67(59-41-38-50(47(3)4)44-62(59)65(54-29-17-9-18-30-54)55-31-19-10-20-32-55)60-42-39-51(48(5)6)45-63(60)66(56-33-21-11-22-34-56)57-35-23-12-24-36-57/h7-48H,1-6H3. The molecule has 0 aromatic heterocycles. The molecule has 67 heavy (non-hydrogen) atoms. The predicted molar refractivity (Wildman–Crippen MR) is 287 cm³/mol. The largest absolute Gasteiger partial charge is 0.308 e. The lowest BCUT2D eigenvalue weighted by molar-refractivity contribution is 0.864. The predicted octanol–water partition coefficient (Wildman–Crippen LogP) is 18.9. The molecule has 0 N–H and O–H groups in total. The molecule has 0 heterocycles. The van der Waals surface area contributed by atoms with Gasteiger partial charge in [0.2, 0.25) is 0 Å². The molecule has 0 bridgehead atoms. The number of rotatable bonds is 15. The van der Waals surface area contributed by atoms with Crippen LogP contribution in [0.3, 0.4) is 0 Å². The zero-order chi connectivity index (χ0) is 46.3. The van der Waals surface area contributed by atoms with Crippen molar-refractivity contribution in [3.63, 3.8) is 0 Å². The fourth-order valence-electron chi connectivity index (χ4n) is 8.94. The smallest absolute Gasteiger partial charge is 0.0705 e. The molecule has 9 aromatic carbocycles. The Balaban J connectivity index is 1.45. The van der Waals surface area contributed by atoms with Crippen LogP contribution in [0.1, 0.15) is 76.0 Å². The van der Waals surface area contributed by atoms with E-state index in [1.165, 1.54) is 16.7 Å². The summed E-state index contributed by atoms with van der Waals surface area (Å²) in [7, 11) is 0. The summed E-state index contributed by atoms with van der Waals surface area (Å²) >= 11 is 0. The Bertz CT molecular complexity index is 2540. The second kappa shape index (κ2) is 20.1. The Morgan fingerprint density at radius 3 is 0.582 bits per heavy atom. The van der Waals surface area contributed by atoms with Gasteiger partial charge in [0.25, 0.3) is 0 Å². The van der Waals surface area contributed by atoms with Crippen LogP contribution in [0.2, 0.25) is 0 Å². The third kappa shape index (κ3) is 9.48. The average Bonchev–Trinajstić information content (AvgIpc) is 3.37. The summed E-state index contributed by atoms with van der Waals surface area (Å²) in [6.07, 6.45) is 0. The molecule has 9 rings (SSSR count). The van der Waals surface area contributed by atoms with Crippen LogP contribution in [0.5, 0.6) is 0 Å². The maximum atomic E-state index is 2.54. The lowest BCUT2D eigenvalue weighted by Gasteiger charge is -2.39. The van der Waals surface area contributed by atoms with Crippen molar-refractivity contribution in [3.05, 3.63) is 253 Å². The molecule has 0 spiro atoms. The number of hydrogen-bond donors (Lipinski definition) is 0. The summed E-state index contributed by atoms with van der Waals surface area (Å²) in [4.78, 5) is 9.82. The Labute approximate surface area is 398 Å². The van der Waals surface area contributed by atoms with Gasteiger partial charge in [-0.1, -0.05) is 169 Å². The molecule has 0 fully saturated rings. The lowest BCUT2D eigenvalue weighted by Crippen LogP contribution is -2.22. The van der Waals surface area contributed by atoms with Crippen molar-refractivity contribution in [2.24, 2.45) is 0 Å². The van der Waals surface area contributed by atoms with E-state index in [4.69, 9.17) is 0 Å². The maximum Gasteiger partial charge on any atom is 0.0705 e. The number of hydrogen-bond acceptors (Lipinski definition) is 4. The normalized spacial score (nSPS) is 11.2. The third-order valence-corrected chi connectivity index (χ3v) is 12.5. The van der Waals surface area contributed by atoms with Gasteiger partial charge < -0.3 is 19.6 Å². The van der Waals surface area contributed by atoms with Gasteiger partial charge in [0.05, 0.1) is 34.1 Å². The first kappa shape index (κ1) is 44.4. The van der Waals surface area contributed by atoms with E-state index in [1.54, 1.807) is 0 Å². The number of benzene rings is 9. The van der Waals surface area contributed by atoms with E-state index < -0.39 is 0 Å². The highest BCUT2D eigenvalue weighted by Gasteiger charge is 2.31. The molecule has 4 nitrogen and oxygen atoms in total. The van der Waals surface area contributed by atoms with E-state index in [-0.39, 0.29) is 17.8 Å². The number of anilines is 12. The van der Waals surface area contributed by atoms with Crippen molar-refractivity contribution in [1.29, 1.82) is 0 Å². The van der Waals surface area contributed by atoms with E-state index in [0.29, 0.717) is 0 Å². The van der Waals surface area contributed by atoms with Crippen LogP contribution in [-0.4, -0.2) is 0 Å². The van der Waals surface area contributed by atoms with Gasteiger partial charge in [-0.25, -0.2) is 0 Å². The Kier molecular flexibility index (Phi) is 13.3. The van der Waals surface area contributed by atoms with Crippen molar-refractivity contribution >= 4 is 68.2 Å². The summed E-state index contributed by atoms with van der Waals surface area (Å²) < 4.78 is 0. The highest BCUT2D eigenvalue weighted by Crippen LogP contribution is 2.54. The van der Waals surface area contributed by atoms with Gasteiger partial charge >= 0.3 is 0 Å². The lowest BCUT2D eigenvalue weighted by atomic mass is 9.97. The molecule has 0 saturated carbocycles. The SMILES string of the molecule is CC(C)c1ccc(N(c2ccc(C(C)C)cc2N(c2ccccc2)c2ccccc2)c2ccc(C(C)C)cc2N(c2ccccc2)c2ccccc2)c(N(c2ccccc2)c2ccccc2)c1. The van der Waals surface area contributed by atoms with Crippen LogP contribution >= 0.6 is 0 Å². The van der Waals surface area contributed by atoms with Gasteiger partial charge in [0, 0.05) is 34.1 Å². The first-order chi connectivity index (χ1) is 32.8. The van der Waals surface area contributed by atoms with Crippen LogP contribution in [0, 0.1) is 0 Å². The maximum absolute atomic E-state index is 2.54. The van der Waals surface area contributed by atoms with Crippen LogP contribution in [0.25, 0.3) is 0 Å². The molecule has 332 valence electrons. The van der Waals surface area contributed by atoms with Gasteiger partial charge in [-0.05, 0) is 144 Å². The molecule has 0 amide bonds. The molecule has 0 radical (unpaired) electrons. The van der Waals surface area contributed by atoms with Crippen molar-refractivity contribution < 1.29 is 0 Å². The molecule has 0 aliphatic carbocycles. The fraction of sp³-hybridized carbons (Fsp3) is 0.143. The first-order valence-electron chi connectivity index (χ1n) is 23.7. The van der Waals surface area contributed by atoms with Crippen molar-refractivity contribution in [2.45, 2.75) is 59.3 Å². The van der Waals surface area contributed by atoms with E-state index in [1.807, 2.05) is 0 Å². The van der Waals surface area contributed by atoms with Gasteiger partial charge in [0.15, 0.2) is 0 Å². The topological polar surface area (TPSA) is 13.0 Å². The minimum Gasteiger partial charge on any atom is -0.308 e. The Morgan fingerprint density at radius 1 is 0.209 bits per heavy atom. The van der Waals surface area contributed by atoms with Crippen molar-refractivity contribution in [1.82, 2.24) is 0 Å². The Hall–Kier alpha value is -7.82. The van der Waals surface area contributed by atoms with Crippen LogP contribution in [0.4, 0.5) is 68.2 Å². The van der Waals surface area contributed by atoms with Gasteiger partial charge in [0.1, 0.15) is 0 Å². The minimum absolute atomic E-state index is 0.287. The molecule has 0 aliphatic heterocycles. The van der Waals surface area contributed by atoms with Gasteiger partial charge in [-0.15, -0.1) is 0 Å². The molecule has 9 aromatic rings. The summed E-state index contributed by atoms with van der Waals surface area (Å²) in [6, 6.07) is 86.1. The molecule has 0 atom stereocenters. The summed E-state index contributed by atoms with van der Waals surface area (Å²) in [5.74, 6) is 0.860. The summed E-state index contributed by atoms with van der Waals surface area (Å²) in [5.41, 5.74) is 16.5. The van der Waals surface area contributed by atoms with E-state index in [0.717, 1.165) is 68.2 Å². The molecule has 4 heteroatoms.